The van der Waals surface area contributed by atoms with Crippen LogP contribution in [-0.2, 0) is 34.2 Å². The lowest BCUT2D eigenvalue weighted by atomic mass is 10.00. The minimum Gasteiger partial charge on any atom is -0.338 e. The highest BCUT2D eigenvalue weighted by Crippen LogP contribution is 2.18. The number of carbonyl (C=O) groups excluding carboxylic acids is 1. The minimum atomic E-state index is -3.35. The van der Waals surface area contributed by atoms with Crippen LogP contribution in [0.3, 0.4) is 0 Å². The summed E-state index contributed by atoms with van der Waals surface area (Å²) in [7, 11) is -3.35. The molecule has 0 aromatic heterocycles. The van der Waals surface area contributed by atoms with E-state index in [1.54, 1.807) is 0 Å². The molecule has 5 nitrogen and oxygen atoms in total. The largest absolute Gasteiger partial charge is 0.338 e. The Hall–Kier alpha value is -2.18. The van der Waals surface area contributed by atoms with E-state index >= 15 is 0 Å². The third-order valence-electron chi connectivity index (χ3n) is 4.87. The molecule has 1 amide bonds. The highest BCUT2D eigenvalue weighted by molar-refractivity contribution is 7.89. The number of hydrogen-bond donors (Lipinski definition) is 1. The molecule has 1 heterocycles. The Morgan fingerprint density at radius 2 is 1.70 bits per heavy atom. The number of rotatable bonds is 8. The fourth-order valence-electron chi connectivity index (χ4n) is 3.36. The molecule has 0 saturated heterocycles. The summed E-state index contributed by atoms with van der Waals surface area (Å²) < 4.78 is 26.8. The summed E-state index contributed by atoms with van der Waals surface area (Å²) in [5.74, 6) is 0.0733. The number of carbonyl (C=O) groups is 1. The lowest BCUT2D eigenvalue weighted by molar-refractivity contribution is -0.131. The van der Waals surface area contributed by atoms with Gasteiger partial charge in [0.2, 0.25) is 15.9 Å². The number of nitrogens with one attached hydrogen (secondary N) is 1. The molecule has 2 aromatic carbocycles. The molecular formula is C21H26N2O3S. The first-order valence-corrected chi connectivity index (χ1v) is 11.0. The summed E-state index contributed by atoms with van der Waals surface area (Å²) in [5.41, 5.74) is 3.60. The number of aryl methyl sites for hydroxylation is 1. The van der Waals surface area contributed by atoms with E-state index in [4.69, 9.17) is 0 Å². The van der Waals surface area contributed by atoms with Crippen molar-refractivity contribution in [2.45, 2.75) is 32.2 Å². The van der Waals surface area contributed by atoms with Crippen LogP contribution in [0.5, 0.6) is 0 Å². The lowest BCUT2D eigenvalue weighted by Crippen LogP contribution is -2.38. The number of hydrogen-bond acceptors (Lipinski definition) is 3. The summed E-state index contributed by atoms with van der Waals surface area (Å²) in [6.45, 7) is 1.46. The molecule has 0 atom stereocenters. The van der Waals surface area contributed by atoms with Crippen LogP contribution in [-0.4, -0.2) is 38.1 Å². The van der Waals surface area contributed by atoms with E-state index < -0.39 is 10.0 Å². The molecule has 0 spiro atoms. The normalized spacial score (nSPS) is 14.0. The van der Waals surface area contributed by atoms with Crippen molar-refractivity contribution >= 4 is 15.9 Å². The first-order valence-electron chi connectivity index (χ1n) is 9.39. The van der Waals surface area contributed by atoms with Crippen LogP contribution in [0.25, 0.3) is 0 Å². The Kier molecular flexibility index (Phi) is 6.63. The van der Waals surface area contributed by atoms with Gasteiger partial charge < -0.3 is 4.90 Å². The topological polar surface area (TPSA) is 66.5 Å². The zero-order valence-corrected chi connectivity index (χ0v) is 16.2. The van der Waals surface area contributed by atoms with Crippen molar-refractivity contribution in [2.75, 3.05) is 18.8 Å². The van der Waals surface area contributed by atoms with Gasteiger partial charge >= 0.3 is 0 Å². The fraction of sp³-hybridized carbons (Fsp3) is 0.381. The molecule has 144 valence electrons. The second-order valence-corrected chi connectivity index (χ2v) is 8.81. The van der Waals surface area contributed by atoms with Crippen molar-refractivity contribution in [3.8, 4) is 0 Å². The van der Waals surface area contributed by atoms with E-state index in [0.29, 0.717) is 19.5 Å². The molecule has 0 saturated carbocycles. The number of amides is 1. The van der Waals surface area contributed by atoms with Crippen LogP contribution < -0.4 is 4.72 Å². The van der Waals surface area contributed by atoms with Crippen molar-refractivity contribution in [3.63, 3.8) is 0 Å². The molecule has 0 radical (unpaired) electrons. The van der Waals surface area contributed by atoms with Gasteiger partial charge in [-0.1, -0.05) is 54.6 Å². The Morgan fingerprint density at radius 1 is 1.00 bits per heavy atom. The predicted octanol–water partition coefficient (Wildman–Crippen LogP) is 2.51. The maximum absolute atomic E-state index is 12.4. The van der Waals surface area contributed by atoms with Gasteiger partial charge in [-0.15, -0.1) is 0 Å². The molecule has 3 rings (SSSR count). The second kappa shape index (κ2) is 9.15. The molecule has 6 heteroatoms. The highest BCUT2D eigenvalue weighted by atomic mass is 32.2. The van der Waals surface area contributed by atoms with Crippen LogP contribution in [0, 0.1) is 0 Å². The summed E-state index contributed by atoms with van der Waals surface area (Å²) >= 11 is 0. The minimum absolute atomic E-state index is 0.00325. The Balaban J connectivity index is 1.39. The van der Waals surface area contributed by atoms with E-state index in [1.807, 2.05) is 53.4 Å². The standard InChI is InChI=1S/C21H26N2O3S/c24-21(23-15-13-19-10-4-5-11-20(19)17-23)12-14-22-27(25,26)16-6-9-18-7-2-1-3-8-18/h1-5,7-8,10-11,22H,6,9,12-17H2. The number of sulfonamides is 1. The van der Waals surface area contributed by atoms with Crippen LogP contribution in [0.4, 0.5) is 0 Å². The quantitative estimate of drug-likeness (QED) is 0.758. The summed E-state index contributed by atoms with van der Waals surface area (Å²) in [6.07, 6.45) is 2.34. The molecule has 0 fully saturated rings. The highest BCUT2D eigenvalue weighted by Gasteiger charge is 2.20. The van der Waals surface area contributed by atoms with E-state index in [9.17, 15) is 13.2 Å². The van der Waals surface area contributed by atoms with Crippen molar-refractivity contribution in [3.05, 3.63) is 71.3 Å². The molecule has 2 aromatic rings. The maximum Gasteiger partial charge on any atom is 0.224 e. The second-order valence-electron chi connectivity index (χ2n) is 6.89. The molecule has 0 unspecified atom stereocenters. The average Bonchev–Trinajstić information content (AvgIpc) is 2.68. The van der Waals surface area contributed by atoms with Gasteiger partial charge in [-0.05, 0) is 36.0 Å². The monoisotopic (exact) mass is 386 g/mol. The van der Waals surface area contributed by atoms with E-state index in [2.05, 4.69) is 10.8 Å². The molecule has 27 heavy (non-hydrogen) atoms. The zero-order chi connectivity index (χ0) is 19.1. The average molecular weight is 387 g/mol. The SMILES string of the molecule is O=C(CCNS(=O)(=O)CCCc1ccccc1)N1CCc2ccccc2C1. The van der Waals surface area contributed by atoms with Crippen LogP contribution in [0.15, 0.2) is 54.6 Å². The number of nitrogens with zero attached hydrogens (tertiary/aromatic N) is 1. The molecule has 0 aliphatic carbocycles. The lowest BCUT2D eigenvalue weighted by Gasteiger charge is -2.29. The molecule has 1 N–H and O–H groups in total. The van der Waals surface area contributed by atoms with E-state index in [1.165, 1.54) is 11.1 Å². The van der Waals surface area contributed by atoms with Gasteiger partial charge in [0.05, 0.1) is 5.75 Å². The Morgan fingerprint density at radius 3 is 2.48 bits per heavy atom. The molecule has 1 aliphatic rings. The molecular weight excluding hydrogens is 360 g/mol. The first-order chi connectivity index (χ1) is 13.0. The number of fused-ring (bicyclic) bond motifs is 1. The van der Waals surface area contributed by atoms with Gasteiger partial charge in [0.25, 0.3) is 0 Å². The van der Waals surface area contributed by atoms with Gasteiger partial charge in [0.1, 0.15) is 0 Å². The summed E-state index contributed by atoms with van der Waals surface area (Å²) in [5, 5.41) is 0. The zero-order valence-electron chi connectivity index (χ0n) is 15.4. The van der Waals surface area contributed by atoms with Gasteiger partial charge in [-0.25, -0.2) is 13.1 Å². The smallest absolute Gasteiger partial charge is 0.224 e. The van der Waals surface area contributed by atoms with Crippen LogP contribution in [0.1, 0.15) is 29.5 Å². The molecule has 0 bridgehead atoms. The third-order valence-corrected chi connectivity index (χ3v) is 6.34. The Bertz CT molecular complexity index is 866. The fourth-order valence-corrected chi connectivity index (χ4v) is 4.45. The van der Waals surface area contributed by atoms with Crippen molar-refractivity contribution in [1.82, 2.24) is 9.62 Å². The first kappa shape index (κ1) is 19.6. The number of benzene rings is 2. The van der Waals surface area contributed by atoms with E-state index in [0.717, 1.165) is 18.4 Å². The van der Waals surface area contributed by atoms with Gasteiger partial charge in [-0.2, -0.15) is 0 Å². The van der Waals surface area contributed by atoms with Crippen LogP contribution >= 0.6 is 0 Å². The van der Waals surface area contributed by atoms with Gasteiger partial charge in [-0.3, -0.25) is 4.79 Å². The van der Waals surface area contributed by atoms with E-state index in [-0.39, 0.29) is 24.6 Å². The van der Waals surface area contributed by atoms with Crippen molar-refractivity contribution in [2.24, 2.45) is 0 Å². The molecule has 1 aliphatic heterocycles. The van der Waals surface area contributed by atoms with Gasteiger partial charge in [0.15, 0.2) is 0 Å². The third kappa shape index (κ3) is 5.91. The summed E-state index contributed by atoms with van der Waals surface area (Å²) in [4.78, 5) is 14.2. The van der Waals surface area contributed by atoms with Crippen LogP contribution in [0.2, 0.25) is 0 Å². The maximum atomic E-state index is 12.4. The summed E-state index contributed by atoms with van der Waals surface area (Å²) in [6, 6.07) is 18.0. The van der Waals surface area contributed by atoms with Crippen molar-refractivity contribution in [1.29, 1.82) is 0 Å². The Labute approximate surface area is 161 Å². The van der Waals surface area contributed by atoms with Crippen molar-refractivity contribution < 1.29 is 13.2 Å². The predicted molar refractivity (Wildman–Crippen MR) is 107 cm³/mol. The van der Waals surface area contributed by atoms with Gasteiger partial charge in [0, 0.05) is 26.1 Å².